The maximum atomic E-state index is 10.6. The SMILES string of the molecule is C[C@H](Oc1ccc(CC(N)=O)cc1)C(=O)O. The van der Waals surface area contributed by atoms with E-state index in [1.165, 1.54) is 6.92 Å². The number of primary amides is 1. The molecule has 0 fully saturated rings. The lowest BCUT2D eigenvalue weighted by atomic mass is 10.1. The lowest BCUT2D eigenvalue weighted by molar-refractivity contribution is -0.144. The normalized spacial score (nSPS) is 11.8. The minimum absolute atomic E-state index is 0.161. The lowest BCUT2D eigenvalue weighted by Gasteiger charge is -2.10. The Balaban J connectivity index is 2.64. The summed E-state index contributed by atoms with van der Waals surface area (Å²) in [6, 6.07) is 6.57. The highest BCUT2D eigenvalue weighted by atomic mass is 16.5. The first kappa shape index (κ1) is 12.0. The monoisotopic (exact) mass is 223 g/mol. The van der Waals surface area contributed by atoms with Crippen LogP contribution in [-0.4, -0.2) is 23.1 Å². The summed E-state index contributed by atoms with van der Waals surface area (Å²) in [4.78, 5) is 21.2. The molecule has 0 aromatic heterocycles. The van der Waals surface area contributed by atoms with Crippen LogP contribution in [-0.2, 0) is 16.0 Å². The fourth-order valence-corrected chi connectivity index (χ4v) is 1.14. The number of carboxylic acids is 1. The van der Waals surface area contributed by atoms with Gasteiger partial charge in [0.05, 0.1) is 6.42 Å². The molecule has 5 heteroatoms. The molecule has 5 nitrogen and oxygen atoms in total. The van der Waals surface area contributed by atoms with Crippen molar-refractivity contribution in [3.63, 3.8) is 0 Å². The van der Waals surface area contributed by atoms with E-state index in [0.717, 1.165) is 5.56 Å². The molecule has 0 bridgehead atoms. The van der Waals surface area contributed by atoms with E-state index in [4.69, 9.17) is 15.6 Å². The highest BCUT2D eigenvalue weighted by Crippen LogP contribution is 2.14. The van der Waals surface area contributed by atoms with Gasteiger partial charge >= 0.3 is 5.97 Å². The first-order chi connectivity index (χ1) is 7.49. The molecule has 86 valence electrons. The van der Waals surface area contributed by atoms with Gasteiger partial charge in [0.2, 0.25) is 5.91 Å². The molecule has 0 aliphatic carbocycles. The van der Waals surface area contributed by atoms with E-state index in [2.05, 4.69) is 0 Å². The molecule has 0 spiro atoms. The zero-order chi connectivity index (χ0) is 12.1. The Hall–Kier alpha value is -2.04. The van der Waals surface area contributed by atoms with Crippen molar-refractivity contribution in [2.24, 2.45) is 5.73 Å². The van der Waals surface area contributed by atoms with Crippen LogP contribution in [0, 0.1) is 0 Å². The average molecular weight is 223 g/mol. The van der Waals surface area contributed by atoms with Crippen LogP contribution < -0.4 is 10.5 Å². The molecular weight excluding hydrogens is 210 g/mol. The first-order valence-corrected chi connectivity index (χ1v) is 4.75. The summed E-state index contributed by atoms with van der Waals surface area (Å²) in [5.74, 6) is -0.989. The maximum absolute atomic E-state index is 10.6. The third-order valence-electron chi connectivity index (χ3n) is 1.96. The molecule has 0 aliphatic heterocycles. The van der Waals surface area contributed by atoms with E-state index in [1.807, 2.05) is 0 Å². The van der Waals surface area contributed by atoms with Gasteiger partial charge in [-0.2, -0.15) is 0 Å². The Morgan fingerprint density at radius 2 is 1.94 bits per heavy atom. The van der Waals surface area contributed by atoms with Crippen LogP contribution in [0.1, 0.15) is 12.5 Å². The number of carboxylic acid groups (broad SMARTS) is 1. The van der Waals surface area contributed by atoms with Gasteiger partial charge in [-0.3, -0.25) is 4.79 Å². The van der Waals surface area contributed by atoms with E-state index in [9.17, 15) is 9.59 Å². The van der Waals surface area contributed by atoms with Crippen LogP contribution >= 0.6 is 0 Å². The van der Waals surface area contributed by atoms with Crippen molar-refractivity contribution in [3.8, 4) is 5.75 Å². The number of hydrogen-bond acceptors (Lipinski definition) is 3. The van der Waals surface area contributed by atoms with Crippen LogP contribution in [0.25, 0.3) is 0 Å². The van der Waals surface area contributed by atoms with Gasteiger partial charge in [-0.25, -0.2) is 4.79 Å². The van der Waals surface area contributed by atoms with Gasteiger partial charge in [0.15, 0.2) is 6.10 Å². The smallest absolute Gasteiger partial charge is 0.344 e. The minimum atomic E-state index is -1.03. The zero-order valence-corrected chi connectivity index (χ0v) is 8.84. The first-order valence-electron chi connectivity index (χ1n) is 4.75. The van der Waals surface area contributed by atoms with Crippen LogP contribution in [0.2, 0.25) is 0 Å². The summed E-state index contributed by atoms with van der Waals surface area (Å²) < 4.78 is 5.12. The molecule has 0 aliphatic rings. The summed E-state index contributed by atoms with van der Waals surface area (Å²) in [6.07, 6.45) is -0.739. The molecule has 1 aromatic rings. The molecule has 16 heavy (non-hydrogen) atoms. The van der Waals surface area contributed by atoms with Gasteiger partial charge in [-0.1, -0.05) is 12.1 Å². The van der Waals surface area contributed by atoms with Gasteiger partial charge in [0, 0.05) is 0 Å². The molecule has 1 amide bonds. The molecule has 0 radical (unpaired) electrons. The van der Waals surface area contributed by atoms with Crippen molar-refractivity contribution in [3.05, 3.63) is 29.8 Å². The van der Waals surface area contributed by atoms with Gasteiger partial charge in [-0.15, -0.1) is 0 Å². The van der Waals surface area contributed by atoms with Crippen LogP contribution in [0.4, 0.5) is 0 Å². The average Bonchev–Trinajstić information content (AvgIpc) is 2.20. The molecule has 0 saturated carbocycles. The number of rotatable bonds is 5. The Labute approximate surface area is 92.8 Å². The number of nitrogens with two attached hydrogens (primary N) is 1. The van der Waals surface area contributed by atoms with Gasteiger partial charge < -0.3 is 15.6 Å². The third kappa shape index (κ3) is 3.61. The minimum Gasteiger partial charge on any atom is -0.479 e. The Morgan fingerprint density at radius 3 is 2.38 bits per heavy atom. The highest BCUT2D eigenvalue weighted by Gasteiger charge is 2.12. The molecule has 3 N–H and O–H groups in total. The number of carbonyl (C=O) groups excluding carboxylic acids is 1. The topological polar surface area (TPSA) is 89.6 Å². The van der Waals surface area contributed by atoms with E-state index < -0.39 is 18.0 Å². The largest absolute Gasteiger partial charge is 0.479 e. The van der Waals surface area contributed by atoms with E-state index in [0.29, 0.717) is 5.75 Å². The number of amides is 1. The summed E-state index contributed by atoms with van der Waals surface area (Å²) in [6.45, 7) is 1.44. The molecule has 1 rings (SSSR count). The fraction of sp³-hybridized carbons (Fsp3) is 0.273. The molecule has 0 saturated heterocycles. The van der Waals surface area contributed by atoms with Crippen molar-refractivity contribution in [2.45, 2.75) is 19.4 Å². The Morgan fingerprint density at radius 1 is 1.38 bits per heavy atom. The lowest BCUT2D eigenvalue weighted by Crippen LogP contribution is -2.22. The summed E-state index contributed by atoms with van der Waals surface area (Å²) in [5, 5.41) is 8.63. The summed E-state index contributed by atoms with van der Waals surface area (Å²) in [7, 11) is 0. The summed E-state index contributed by atoms with van der Waals surface area (Å²) >= 11 is 0. The summed E-state index contributed by atoms with van der Waals surface area (Å²) in [5.41, 5.74) is 5.80. The molecule has 1 atom stereocenters. The predicted octanol–water partition coefficient (Wildman–Crippen LogP) is 0.566. The molecular formula is C11H13NO4. The third-order valence-corrected chi connectivity index (χ3v) is 1.96. The molecule has 0 heterocycles. The standard InChI is InChI=1S/C11H13NO4/c1-7(11(14)15)16-9-4-2-8(3-5-9)6-10(12)13/h2-5,7H,6H2,1H3,(H2,12,13)(H,14,15)/t7-/m0/s1. The maximum Gasteiger partial charge on any atom is 0.344 e. The second kappa shape index (κ2) is 5.16. The number of carbonyl (C=O) groups is 2. The number of aliphatic carboxylic acids is 1. The Bertz CT molecular complexity index is 385. The van der Waals surface area contributed by atoms with Crippen molar-refractivity contribution in [2.75, 3.05) is 0 Å². The quantitative estimate of drug-likeness (QED) is 0.763. The van der Waals surface area contributed by atoms with Gasteiger partial charge in [0.25, 0.3) is 0 Å². The van der Waals surface area contributed by atoms with Crippen molar-refractivity contribution < 1.29 is 19.4 Å². The fourth-order valence-electron chi connectivity index (χ4n) is 1.14. The predicted molar refractivity (Wildman–Crippen MR) is 57.1 cm³/mol. The van der Waals surface area contributed by atoms with Crippen molar-refractivity contribution >= 4 is 11.9 Å². The molecule has 0 unspecified atom stereocenters. The second-order valence-electron chi connectivity index (χ2n) is 3.39. The number of hydrogen-bond donors (Lipinski definition) is 2. The van der Waals surface area contributed by atoms with Crippen LogP contribution in [0.3, 0.4) is 0 Å². The number of ether oxygens (including phenoxy) is 1. The second-order valence-corrected chi connectivity index (χ2v) is 3.39. The highest BCUT2D eigenvalue weighted by molar-refractivity contribution is 5.76. The van der Waals surface area contributed by atoms with Crippen molar-refractivity contribution in [1.82, 2.24) is 0 Å². The van der Waals surface area contributed by atoms with E-state index in [-0.39, 0.29) is 6.42 Å². The zero-order valence-electron chi connectivity index (χ0n) is 8.84. The van der Waals surface area contributed by atoms with Crippen LogP contribution in [0.5, 0.6) is 5.75 Å². The van der Waals surface area contributed by atoms with E-state index in [1.54, 1.807) is 24.3 Å². The van der Waals surface area contributed by atoms with Gasteiger partial charge in [0.1, 0.15) is 5.75 Å². The number of benzene rings is 1. The van der Waals surface area contributed by atoms with Crippen LogP contribution in [0.15, 0.2) is 24.3 Å². The Kier molecular flexibility index (Phi) is 3.88. The van der Waals surface area contributed by atoms with E-state index >= 15 is 0 Å². The molecule has 1 aromatic carbocycles. The van der Waals surface area contributed by atoms with Crippen molar-refractivity contribution in [1.29, 1.82) is 0 Å². The van der Waals surface area contributed by atoms with Gasteiger partial charge in [-0.05, 0) is 24.6 Å².